The first-order valence-electron chi connectivity index (χ1n) is 6.39. The minimum Gasteiger partial charge on any atom is -0.497 e. The van der Waals surface area contributed by atoms with Crippen LogP contribution in [0.15, 0.2) is 24.3 Å². The van der Waals surface area contributed by atoms with Gasteiger partial charge in [0, 0.05) is 11.6 Å². The molecule has 0 aliphatic heterocycles. The fraction of sp³-hybridized carbons (Fsp3) is 0.500. The number of carbonyl (C=O) groups is 1. The predicted molar refractivity (Wildman–Crippen MR) is 70.6 cm³/mol. The van der Waals surface area contributed by atoms with E-state index in [0.29, 0.717) is 18.0 Å². The Morgan fingerprint density at radius 2 is 2.11 bits per heavy atom. The molecule has 0 saturated heterocycles. The van der Waals surface area contributed by atoms with Gasteiger partial charge in [-0.25, -0.2) is 0 Å². The Balaban J connectivity index is 1.98. The van der Waals surface area contributed by atoms with Gasteiger partial charge in [0.15, 0.2) is 0 Å². The maximum atomic E-state index is 12.1. The van der Waals surface area contributed by atoms with E-state index in [4.69, 9.17) is 10.5 Å². The van der Waals surface area contributed by atoms with Gasteiger partial charge in [-0.05, 0) is 49.6 Å². The molecule has 98 valence electrons. The number of amides is 1. The summed E-state index contributed by atoms with van der Waals surface area (Å²) in [5.74, 6) is 1.16. The first-order valence-corrected chi connectivity index (χ1v) is 6.39. The third kappa shape index (κ3) is 2.82. The van der Waals surface area contributed by atoms with E-state index in [9.17, 15) is 4.79 Å². The molecule has 4 nitrogen and oxygen atoms in total. The molecule has 1 saturated carbocycles. The molecule has 4 heteroatoms. The maximum Gasteiger partial charge on any atom is 0.251 e. The van der Waals surface area contributed by atoms with Gasteiger partial charge in [0.2, 0.25) is 0 Å². The molecule has 1 aromatic carbocycles. The fourth-order valence-electron chi connectivity index (χ4n) is 2.50. The van der Waals surface area contributed by atoms with Gasteiger partial charge in [-0.1, -0.05) is 6.42 Å². The van der Waals surface area contributed by atoms with Crippen LogP contribution in [0.25, 0.3) is 0 Å². The number of hydrogen-bond donors (Lipinski definition) is 2. The Labute approximate surface area is 108 Å². The molecular weight excluding hydrogens is 228 g/mol. The number of methoxy groups -OCH3 is 1. The molecule has 0 bridgehead atoms. The molecule has 1 amide bonds. The molecule has 0 heterocycles. The predicted octanol–water partition coefficient (Wildman–Crippen LogP) is 1.55. The molecule has 3 N–H and O–H groups in total. The van der Waals surface area contributed by atoms with Crippen LogP contribution < -0.4 is 15.8 Å². The summed E-state index contributed by atoms with van der Waals surface area (Å²) in [6.45, 7) is 0.646. The van der Waals surface area contributed by atoms with E-state index in [0.717, 1.165) is 25.0 Å². The van der Waals surface area contributed by atoms with Gasteiger partial charge in [-0.2, -0.15) is 0 Å². The zero-order valence-corrected chi connectivity index (χ0v) is 10.7. The Morgan fingerprint density at radius 3 is 2.72 bits per heavy atom. The van der Waals surface area contributed by atoms with E-state index in [1.165, 1.54) is 0 Å². The number of benzene rings is 1. The summed E-state index contributed by atoms with van der Waals surface area (Å²) in [5, 5.41) is 3.07. The Hall–Kier alpha value is -1.55. The van der Waals surface area contributed by atoms with Crippen LogP contribution in [0.2, 0.25) is 0 Å². The topological polar surface area (TPSA) is 64.3 Å². The van der Waals surface area contributed by atoms with E-state index in [1.54, 1.807) is 31.4 Å². The first kappa shape index (κ1) is 12.9. The van der Waals surface area contributed by atoms with E-state index in [2.05, 4.69) is 5.32 Å². The standard InChI is InChI=1S/C14H20N2O2/c1-18-12-7-5-10(6-8-12)14(17)16-13-4-2-3-11(13)9-15/h5-8,11,13H,2-4,9,15H2,1H3,(H,16,17). The molecule has 2 unspecified atom stereocenters. The molecule has 0 radical (unpaired) electrons. The first-order chi connectivity index (χ1) is 8.74. The summed E-state index contributed by atoms with van der Waals surface area (Å²) in [6, 6.07) is 7.37. The van der Waals surface area contributed by atoms with Crippen LogP contribution >= 0.6 is 0 Å². The van der Waals surface area contributed by atoms with Crippen molar-refractivity contribution in [1.82, 2.24) is 5.32 Å². The minimum absolute atomic E-state index is 0.0250. The van der Waals surface area contributed by atoms with Gasteiger partial charge >= 0.3 is 0 Å². The largest absolute Gasteiger partial charge is 0.497 e. The molecular formula is C14H20N2O2. The fourth-order valence-corrected chi connectivity index (χ4v) is 2.50. The van der Waals surface area contributed by atoms with Gasteiger partial charge in [-0.3, -0.25) is 4.79 Å². The van der Waals surface area contributed by atoms with Crippen molar-refractivity contribution in [3.63, 3.8) is 0 Å². The molecule has 1 aliphatic rings. The molecule has 1 aromatic rings. The van der Waals surface area contributed by atoms with E-state index >= 15 is 0 Å². The van der Waals surface area contributed by atoms with E-state index in [-0.39, 0.29) is 11.9 Å². The van der Waals surface area contributed by atoms with Crippen LogP contribution in [0.5, 0.6) is 5.75 Å². The Kier molecular flexibility index (Phi) is 4.20. The lowest BCUT2D eigenvalue weighted by atomic mass is 10.0. The zero-order valence-electron chi connectivity index (χ0n) is 10.7. The number of carbonyl (C=O) groups excluding carboxylic acids is 1. The molecule has 2 atom stereocenters. The highest BCUT2D eigenvalue weighted by Gasteiger charge is 2.27. The highest BCUT2D eigenvalue weighted by Crippen LogP contribution is 2.25. The summed E-state index contributed by atoms with van der Waals surface area (Å²) in [5.41, 5.74) is 6.37. The van der Waals surface area contributed by atoms with Gasteiger partial charge in [0.05, 0.1) is 7.11 Å². The van der Waals surface area contributed by atoms with Crippen molar-refractivity contribution in [3.05, 3.63) is 29.8 Å². The lowest BCUT2D eigenvalue weighted by Crippen LogP contribution is -2.39. The van der Waals surface area contributed by atoms with Gasteiger partial charge in [0.25, 0.3) is 5.91 Å². The Morgan fingerprint density at radius 1 is 1.39 bits per heavy atom. The summed E-state index contributed by atoms with van der Waals surface area (Å²) >= 11 is 0. The average Bonchev–Trinajstić information content (AvgIpc) is 2.86. The molecule has 1 fully saturated rings. The molecule has 18 heavy (non-hydrogen) atoms. The molecule has 2 rings (SSSR count). The van der Waals surface area contributed by atoms with Crippen LogP contribution in [-0.4, -0.2) is 25.6 Å². The van der Waals surface area contributed by atoms with Crippen molar-refractivity contribution in [2.45, 2.75) is 25.3 Å². The third-order valence-electron chi connectivity index (χ3n) is 3.63. The van der Waals surface area contributed by atoms with Gasteiger partial charge < -0.3 is 15.8 Å². The number of nitrogens with two attached hydrogens (primary N) is 1. The maximum absolute atomic E-state index is 12.1. The summed E-state index contributed by atoms with van der Waals surface area (Å²) in [7, 11) is 1.61. The van der Waals surface area contributed by atoms with Crippen molar-refractivity contribution in [1.29, 1.82) is 0 Å². The van der Waals surface area contributed by atoms with Crippen LogP contribution in [0.1, 0.15) is 29.6 Å². The Bertz CT molecular complexity index is 403. The highest BCUT2D eigenvalue weighted by atomic mass is 16.5. The summed E-state index contributed by atoms with van der Waals surface area (Å²) in [6.07, 6.45) is 3.29. The van der Waals surface area contributed by atoms with Crippen molar-refractivity contribution < 1.29 is 9.53 Å². The van der Waals surface area contributed by atoms with Crippen LogP contribution in [-0.2, 0) is 0 Å². The van der Waals surface area contributed by atoms with Gasteiger partial charge in [0.1, 0.15) is 5.75 Å². The van der Waals surface area contributed by atoms with Crippen molar-refractivity contribution in [3.8, 4) is 5.75 Å². The monoisotopic (exact) mass is 248 g/mol. The van der Waals surface area contributed by atoms with E-state index < -0.39 is 0 Å². The molecule has 0 aromatic heterocycles. The zero-order chi connectivity index (χ0) is 13.0. The minimum atomic E-state index is -0.0250. The second-order valence-corrected chi connectivity index (χ2v) is 4.74. The molecule has 1 aliphatic carbocycles. The third-order valence-corrected chi connectivity index (χ3v) is 3.63. The number of nitrogens with one attached hydrogen (secondary N) is 1. The van der Waals surface area contributed by atoms with Crippen LogP contribution in [0.4, 0.5) is 0 Å². The summed E-state index contributed by atoms with van der Waals surface area (Å²) in [4.78, 5) is 12.1. The lowest BCUT2D eigenvalue weighted by molar-refractivity contribution is 0.0929. The van der Waals surface area contributed by atoms with Gasteiger partial charge in [-0.15, -0.1) is 0 Å². The number of ether oxygens (including phenoxy) is 1. The van der Waals surface area contributed by atoms with Crippen molar-refractivity contribution >= 4 is 5.91 Å². The normalized spacial score (nSPS) is 22.8. The highest BCUT2D eigenvalue weighted by molar-refractivity contribution is 5.94. The van der Waals surface area contributed by atoms with Crippen molar-refractivity contribution in [2.75, 3.05) is 13.7 Å². The second kappa shape index (κ2) is 5.87. The number of rotatable bonds is 4. The smallest absolute Gasteiger partial charge is 0.251 e. The van der Waals surface area contributed by atoms with Crippen LogP contribution in [0, 0.1) is 5.92 Å². The van der Waals surface area contributed by atoms with E-state index in [1.807, 2.05) is 0 Å². The SMILES string of the molecule is COc1ccc(C(=O)NC2CCCC2CN)cc1. The van der Waals surface area contributed by atoms with Crippen LogP contribution in [0.3, 0.4) is 0 Å². The lowest BCUT2D eigenvalue weighted by Gasteiger charge is -2.19. The quantitative estimate of drug-likeness (QED) is 0.849. The molecule has 0 spiro atoms. The average molecular weight is 248 g/mol. The second-order valence-electron chi connectivity index (χ2n) is 4.74. The summed E-state index contributed by atoms with van der Waals surface area (Å²) < 4.78 is 5.07. The number of hydrogen-bond acceptors (Lipinski definition) is 3. The van der Waals surface area contributed by atoms with Crippen molar-refractivity contribution in [2.24, 2.45) is 11.7 Å².